The molecule has 0 bridgehead atoms. The highest BCUT2D eigenvalue weighted by atomic mass is 35.5. The first-order chi connectivity index (χ1) is 16.3. The number of nitrogens with zero attached hydrogens (tertiary/aromatic N) is 1. The first-order valence-corrected chi connectivity index (χ1v) is 11.6. The first kappa shape index (κ1) is 27.7. The molecular weight excluding hydrogens is 466 g/mol. The lowest BCUT2D eigenvalue weighted by Gasteiger charge is -2.35. The SMILES string of the molecule is C#Cc1ccc(C(C(=O)Nc2c(C)cccc2Cl)N(C(=O)CNC(=O)OC(C)(C)C)C(C)C)cc1. The zero-order valence-electron chi connectivity index (χ0n) is 20.9. The molecule has 0 saturated carbocycles. The van der Waals surface area contributed by atoms with E-state index >= 15 is 0 Å². The quantitative estimate of drug-likeness (QED) is 0.523. The number of anilines is 1. The summed E-state index contributed by atoms with van der Waals surface area (Å²) in [6.45, 7) is 10.3. The standard InChI is InChI=1S/C27H32ClN3O4/c1-8-19-12-14-20(15-13-19)24(25(33)30-23-18(4)10-9-11-21(23)28)31(17(2)3)22(32)16-29-26(34)35-27(5,6)7/h1,9-15,17,24H,16H2,2-7H3,(H,29,34)(H,30,33). The van der Waals surface area contributed by atoms with E-state index in [4.69, 9.17) is 22.8 Å². The van der Waals surface area contributed by atoms with Gasteiger partial charge in [-0.3, -0.25) is 9.59 Å². The molecule has 8 heteroatoms. The van der Waals surface area contributed by atoms with Crippen molar-refractivity contribution in [1.29, 1.82) is 0 Å². The molecule has 35 heavy (non-hydrogen) atoms. The minimum atomic E-state index is -1.01. The van der Waals surface area contributed by atoms with E-state index in [1.807, 2.05) is 13.0 Å². The molecule has 0 aliphatic heterocycles. The van der Waals surface area contributed by atoms with Crippen LogP contribution in [0.25, 0.3) is 0 Å². The van der Waals surface area contributed by atoms with E-state index < -0.39 is 29.6 Å². The van der Waals surface area contributed by atoms with E-state index in [2.05, 4.69) is 16.6 Å². The van der Waals surface area contributed by atoms with Gasteiger partial charge in [0.1, 0.15) is 18.2 Å². The number of alkyl carbamates (subject to hydrolysis) is 1. The molecule has 2 aromatic carbocycles. The number of para-hydroxylation sites is 1. The molecule has 0 spiro atoms. The highest BCUT2D eigenvalue weighted by Crippen LogP contribution is 2.30. The predicted molar refractivity (Wildman–Crippen MR) is 138 cm³/mol. The van der Waals surface area contributed by atoms with Gasteiger partial charge in [0, 0.05) is 11.6 Å². The summed E-state index contributed by atoms with van der Waals surface area (Å²) in [7, 11) is 0. The number of hydrogen-bond donors (Lipinski definition) is 2. The Labute approximate surface area is 212 Å². The number of aryl methyl sites for hydroxylation is 1. The van der Waals surface area contributed by atoms with Crippen molar-refractivity contribution in [3.8, 4) is 12.3 Å². The van der Waals surface area contributed by atoms with Gasteiger partial charge in [0.25, 0.3) is 5.91 Å². The second-order valence-electron chi connectivity index (χ2n) is 9.34. The van der Waals surface area contributed by atoms with Crippen LogP contribution in [0, 0.1) is 19.3 Å². The summed E-state index contributed by atoms with van der Waals surface area (Å²) in [5, 5.41) is 5.73. The Balaban J connectivity index is 2.41. The summed E-state index contributed by atoms with van der Waals surface area (Å²) < 4.78 is 5.22. The summed E-state index contributed by atoms with van der Waals surface area (Å²) >= 11 is 6.33. The van der Waals surface area contributed by atoms with Gasteiger partial charge in [0.2, 0.25) is 5.91 Å². The Bertz CT molecular complexity index is 1090. The van der Waals surface area contributed by atoms with Crippen LogP contribution in [0.1, 0.15) is 57.4 Å². The number of rotatable bonds is 7. The molecule has 7 nitrogen and oxygen atoms in total. The van der Waals surface area contributed by atoms with Crippen LogP contribution in [0.5, 0.6) is 0 Å². The number of hydrogen-bond acceptors (Lipinski definition) is 4. The molecule has 0 aliphatic carbocycles. The summed E-state index contributed by atoms with van der Waals surface area (Å²) in [5.41, 5.74) is 1.74. The number of benzene rings is 2. The minimum absolute atomic E-state index is 0.343. The normalized spacial score (nSPS) is 11.9. The van der Waals surface area contributed by atoms with E-state index in [1.165, 1.54) is 4.90 Å². The van der Waals surface area contributed by atoms with E-state index in [9.17, 15) is 14.4 Å². The van der Waals surface area contributed by atoms with Crippen LogP contribution >= 0.6 is 11.6 Å². The second kappa shape index (κ2) is 11.8. The number of terminal acetylenes is 1. The third-order valence-electron chi connectivity index (χ3n) is 5.02. The third-order valence-corrected chi connectivity index (χ3v) is 5.33. The number of nitrogens with one attached hydrogen (secondary N) is 2. The average Bonchev–Trinajstić information content (AvgIpc) is 2.77. The van der Waals surface area contributed by atoms with Crippen molar-refractivity contribution < 1.29 is 19.1 Å². The molecule has 0 saturated heterocycles. The van der Waals surface area contributed by atoms with Gasteiger partial charge in [0.15, 0.2) is 0 Å². The molecule has 0 aliphatic rings. The summed E-state index contributed by atoms with van der Waals surface area (Å²) in [6.07, 6.45) is 4.76. The van der Waals surface area contributed by atoms with Crippen LogP contribution in [0.15, 0.2) is 42.5 Å². The summed E-state index contributed by atoms with van der Waals surface area (Å²) in [6, 6.07) is 10.7. The van der Waals surface area contributed by atoms with Gasteiger partial charge in [0.05, 0.1) is 10.7 Å². The van der Waals surface area contributed by atoms with Crippen molar-refractivity contribution in [2.75, 3.05) is 11.9 Å². The lowest BCUT2D eigenvalue weighted by molar-refractivity contribution is -0.140. The van der Waals surface area contributed by atoms with E-state index in [0.29, 0.717) is 21.8 Å². The Hall–Kier alpha value is -3.50. The number of amides is 3. The van der Waals surface area contributed by atoms with Crippen molar-refractivity contribution >= 4 is 35.2 Å². The van der Waals surface area contributed by atoms with Crippen molar-refractivity contribution in [2.24, 2.45) is 0 Å². The number of carbonyl (C=O) groups is 3. The fourth-order valence-corrected chi connectivity index (χ4v) is 3.73. The zero-order valence-corrected chi connectivity index (χ0v) is 21.7. The van der Waals surface area contributed by atoms with Gasteiger partial charge in [-0.25, -0.2) is 4.79 Å². The van der Waals surface area contributed by atoms with Gasteiger partial charge >= 0.3 is 6.09 Å². The highest BCUT2D eigenvalue weighted by molar-refractivity contribution is 6.34. The molecule has 0 radical (unpaired) electrons. The largest absolute Gasteiger partial charge is 0.444 e. The van der Waals surface area contributed by atoms with E-state index in [0.717, 1.165) is 5.56 Å². The van der Waals surface area contributed by atoms with Crippen LogP contribution in [-0.2, 0) is 14.3 Å². The van der Waals surface area contributed by atoms with Crippen molar-refractivity contribution in [1.82, 2.24) is 10.2 Å². The van der Waals surface area contributed by atoms with Crippen molar-refractivity contribution in [2.45, 2.75) is 59.2 Å². The molecule has 1 atom stereocenters. The van der Waals surface area contributed by atoms with Crippen LogP contribution in [-0.4, -0.2) is 41.0 Å². The summed E-state index contributed by atoms with van der Waals surface area (Å²) in [5.74, 6) is 1.64. The monoisotopic (exact) mass is 497 g/mol. The molecule has 2 rings (SSSR count). The molecule has 0 heterocycles. The molecule has 1 unspecified atom stereocenters. The zero-order chi connectivity index (χ0) is 26.3. The number of halogens is 1. The molecular formula is C27H32ClN3O4. The number of ether oxygens (including phenoxy) is 1. The van der Waals surface area contributed by atoms with Gasteiger partial charge in [-0.2, -0.15) is 0 Å². The molecule has 2 N–H and O–H groups in total. The Morgan fingerprint density at radius 2 is 1.74 bits per heavy atom. The third kappa shape index (κ3) is 7.76. The van der Waals surface area contributed by atoms with Gasteiger partial charge in [-0.05, 0) is 70.9 Å². The van der Waals surface area contributed by atoms with Gasteiger partial charge in [-0.15, -0.1) is 6.42 Å². The van der Waals surface area contributed by atoms with Crippen LogP contribution < -0.4 is 10.6 Å². The Kier molecular flexibility index (Phi) is 9.32. The fourth-order valence-electron chi connectivity index (χ4n) is 3.47. The van der Waals surface area contributed by atoms with E-state index in [1.54, 1.807) is 71.0 Å². The summed E-state index contributed by atoms with van der Waals surface area (Å²) in [4.78, 5) is 40.5. The average molecular weight is 498 g/mol. The first-order valence-electron chi connectivity index (χ1n) is 11.2. The maximum Gasteiger partial charge on any atom is 0.408 e. The molecule has 3 amide bonds. The van der Waals surface area contributed by atoms with Crippen LogP contribution in [0.2, 0.25) is 5.02 Å². The van der Waals surface area contributed by atoms with Crippen LogP contribution in [0.3, 0.4) is 0 Å². The second-order valence-corrected chi connectivity index (χ2v) is 9.75. The Morgan fingerprint density at radius 3 is 2.26 bits per heavy atom. The molecule has 0 fully saturated rings. The number of carbonyl (C=O) groups excluding carboxylic acids is 3. The Morgan fingerprint density at radius 1 is 1.11 bits per heavy atom. The topological polar surface area (TPSA) is 87.7 Å². The van der Waals surface area contributed by atoms with E-state index in [-0.39, 0.29) is 12.6 Å². The minimum Gasteiger partial charge on any atom is -0.444 e. The molecule has 186 valence electrons. The van der Waals surface area contributed by atoms with Gasteiger partial charge < -0.3 is 20.3 Å². The molecule has 2 aromatic rings. The van der Waals surface area contributed by atoms with Crippen molar-refractivity contribution in [3.05, 3.63) is 64.2 Å². The lowest BCUT2D eigenvalue weighted by Crippen LogP contribution is -2.49. The highest BCUT2D eigenvalue weighted by Gasteiger charge is 2.34. The lowest BCUT2D eigenvalue weighted by atomic mass is 10.0. The van der Waals surface area contributed by atoms with Gasteiger partial charge in [-0.1, -0.05) is 41.8 Å². The van der Waals surface area contributed by atoms with Crippen LogP contribution in [0.4, 0.5) is 10.5 Å². The molecule has 0 aromatic heterocycles. The van der Waals surface area contributed by atoms with Crippen molar-refractivity contribution in [3.63, 3.8) is 0 Å². The maximum absolute atomic E-state index is 13.6. The maximum atomic E-state index is 13.6. The predicted octanol–water partition coefficient (Wildman–Crippen LogP) is 5.07. The smallest absolute Gasteiger partial charge is 0.408 e. The fraction of sp³-hybridized carbons (Fsp3) is 0.370.